The monoisotopic (exact) mass is 357 g/mol. The van der Waals surface area contributed by atoms with Crippen LogP contribution in [-0.4, -0.2) is 60.5 Å². The fraction of sp³-hybridized carbons (Fsp3) is 0.682. The number of aryl methyl sites for hydroxylation is 1. The van der Waals surface area contributed by atoms with E-state index in [9.17, 15) is 4.79 Å². The quantitative estimate of drug-likeness (QED) is 0.878. The molecule has 1 N–H and O–H groups in total. The normalized spacial score (nSPS) is 20.7. The van der Waals surface area contributed by atoms with E-state index in [1.54, 1.807) is 0 Å². The first-order valence-corrected chi connectivity index (χ1v) is 10.4. The van der Waals surface area contributed by atoms with E-state index in [2.05, 4.69) is 31.0 Å². The highest BCUT2D eigenvalue weighted by Crippen LogP contribution is 2.18. The molecule has 0 spiro atoms. The van der Waals surface area contributed by atoms with Crippen LogP contribution >= 0.6 is 0 Å². The lowest BCUT2D eigenvalue weighted by atomic mass is 9.98. The molecular formula is C22H35N3O. The number of nitrogens with zero attached hydrogens (tertiary/aromatic N) is 2. The summed E-state index contributed by atoms with van der Waals surface area (Å²) in [5, 5.41) is 3.87. The van der Waals surface area contributed by atoms with Crippen molar-refractivity contribution in [3.05, 3.63) is 35.4 Å². The van der Waals surface area contributed by atoms with E-state index in [0.29, 0.717) is 12.1 Å². The first-order valence-electron chi connectivity index (χ1n) is 10.4. The van der Waals surface area contributed by atoms with Crippen LogP contribution in [0.1, 0.15) is 55.5 Å². The highest BCUT2D eigenvalue weighted by Gasteiger charge is 2.26. The second kappa shape index (κ2) is 9.01. The van der Waals surface area contributed by atoms with E-state index in [1.807, 2.05) is 29.2 Å². The minimum Gasteiger partial charge on any atom is -0.339 e. The maximum atomic E-state index is 12.6. The van der Waals surface area contributed by atoms with Crippen molar-refractivity contribution < 1.29 is 4.79 Å². The Morgan fingerprint density at radius 3 is 2.08 bits per heavy atom. The lowest BCUT2D eigenvalue weighted by Crippen LogP contribution is -2.51. The summed E-state index contributed by atoms with van der Waals surface area (Å²) >= 11 is 0. The summed E-state index contributed by atoms with van der Waals surface area (Å²) in [4.78, 5) is 17.3. The Hall–Kier alpha value is -1.39. The number of carbonyl (C=O) groups is 1. The lowest BCUT2D eigenvalue weighted by Gasteiger charge is -2.38. The van der Waals surface area contributed by atoms with Crippen LogP contribution < -0.4 is 5.32 Å². The molecule has 2 fully saturated rings. The van der Waals surface area contributed by atoms with Gasteiger partial charge in [-0.3, -0.25) is 4.79 Å². The third-order valence-corrected chi connectivity index (χ3v) is 5.76. The number of nitrogens with one attached hydrogen (secondary N) is 1. The predicted molar refractivity (Wildman–Crippen MR) is 108 cm³/mol. The van der Waals surface area contributed by atoms with Crippen LogP contribution in [0.4, 0.5) is 0 Å². The smallest absolute Gasteiger partial charge is 0.253 e. The van der Waals surface area contributed by atoms with Gasteiger partial charge < -0.3 is 15.1 Å². The van der Waals surface area contributed by atoms with Gasteiger partial charge in [-0.25, -0.2) is 0 Å². The van der Waals surface area contributed by atoms with Crippen molar-refractivity contribution in [1.29, 1.82) is 0 Å². The molecule has 1 amide bonds. The SMILES string of the molecule is Cc1ccc(C(=O)N2CCC(NC3CCN(CC(C)C)CC3)CC2)cc1. The van der Waals surface area contributed by atoms with Crippen molar-refractivity contribution in [2.75, 3.05) is 32.7 Å². The van der Waals surface area contributed by atoms with Gasteiger partial charge in [0.1, 0.15) is 0 Å². The van der Waals surface area contributed by atoms with Gasteiger partial charge in [0.2, 0.25) is 0 Å². The summed E-state index contributed by atoms with van der Waals surface area (Å²) in [6.07, 6.45) is 4.66. The lowest BCUT2D eigenvalue weighted by molar-refractivity contribution is 0.0695. The Balaban J connectivity index is 1.40. The summed E-state index contributed by atoms with van der Waals surface area (Å²) in [6, 6.07) is 9.17. The fourth-order valence-corrected chi connectivity index (χ4v) is 4.26. The summed E-state index contributed by atoms with van der Waals surface area (Å²) in [6.45, 7) is 12.1. The number of rotatable bonds is 5. The van der Waals surface area contributed by atoms with Gasteiger partial charge in [0.15, 0.2) is 0 Å². The topological polar surface area (TPSA) is 35.6 Å². The summed E-state index contributed by atoms with van der Waals surface area (Å²) in [5.74, 6) is 0.945. The zero-order chi connectivity index (χ0) is 18.5. The van der Waals surface area contributed by atoms with Gasteiger partial charge in [-0.15, -0.1) is 0 Å². The number of piperidine rings is 2. The van der Waals surface area contributed by atoms with Gasteiger partial charge in [0.25, 0.3) is 5.91 Å². The van der Waals surface area contributed by atoms with Gasteiger partial charge in [-0.05, 0) is 63.7 Å². The zero-order valence-corrected chi connectivity index (χ0v) is 16.7. The molecular weight excluding hydrogens is 322 g/mol. The van der Waals surface area contributed by atoms with Gasteiger partial charge in [0.05, 0.1) is 0 Å². The maximum absolute atomic E-state index is 12.6. The standard InChI is InChI=1S/C22H35N3O/c1-17(2)16-24-12-8-20(9-13-24)23-21-10-14-25(15-11-21)22(26)19-6-4-18(3)5-7-19/h4-7,17,20-21,23H,8-16H2,1-3H3. The molecule has 0 aliphatic carbocycles. The highest BCUT2D eigenvalue weighted by molar-refractivity contribution is 5.94. The molecule has 0 radical (unpaired) electrons. The molecule has 2 heterocycles. The minimum atomic E-state index is 0.186. The Morgan fingerprint density at radius 2 is 1.54 bits per heavy atom. The molecule has 26 heavy (non-hydrogen) atoms. The largest absolute Gasteiger partial charge is 0.339 e. The zero-order valence-electron chi connectivity index (χ0n) is 16.7. The van der Waals surface area contributed by atoms with E-state index in [-0.39, 0.29) is 5.91 Å². The van der Waals surface area contributed by atoms with Crippen LogP contribution in [0, 0.1) is 12.8 Å². The number of amides is 1. The van der Waals surface area contributed by atoms with Gasteiger partial charge in [-0.1, -0.05) is 31.5 Å². The van der Waals surface area contributed by atoms with Crippen LogP contribution in [-0.2, 0) is 0 Å². The van der Waals surface area contributed by atoms with Crippen LogP contribution in [0.3, 0.4) is 0 Å². The molecule has 0 aromatic heterocycles. The van der Waals surface area contributed by atoms with Gasteiger partial charge in [0, 0.05) is 37.3 Å². The first-order chi connectivity index (χ1) is 12.5. The number of hydrogen-bond acceptors (Lipinski definition) is 3. The molecule has 1 aromatic carbocycles. The molecule has 0 saturated carbocycles. The number of hydrogen-bond donors (Lipinski definition) is 1. The van der Waals surface area contributed by atoms with Crippen molar-refractivity contribution >= 4 is 5.91 Å². The number of carbonyl (C=O) groups excluding carboxylic acids is 1. The van der Waals surface area contributed by atoms with E-state index < -0.39 is 0 Å². The van der Waals surface area contributed by atoms with Crippen molar-refractivity contribution in [3.8, 4) is 0 Å². The maximum Gasteiger partial charge on any atom is 0.253 e. The third-order valence-electron chi connectivity index (χ3n) is 5.76. The minimum absolute atomic E-state index is 0.186. The van der Waals surface area contributed by atoms with E-state index in [4.69, 9.17) is 0 Å². The Labute approximate surface area is 158 Å². The fourth-order valence-electron chi connectivity index (χ4n) is 4.26. The molecule has 0 atom stereocenters. The van der Waals surface area contributed by atoms with Crippen LogP contribution in [0.5, 0.6) is 0 Å². The summed E-state index contributed by atoms with van der Waals surface area (Å²) in [7, 11) is 0. The average molecular weight is 358 g/mol. The molecule has 2 saturated heterocycles. The molecule has 0 unspecified atom stereocenters. The van der Waals surface area contributed by atoms with Gasteiger partial charge in [-0.2, -0.15) is 0 Å². The number of benzene rings is 1. The molecule has 0 bridgehead atoms. The van der Waals surface area contributed by atoms with Crippen LogP contribution in [0.15, 0.2) is 24.3 Å². The van der Waals surface area contributed by atoms with Crippen LogP contribution in [0.25, 0.3) is 0 Å². The number of likely N-dealkylation sites (tertiary alicyclic amines) is 2. The first kappa shape index (κ1) is 19.4. The molecule has 4 nitrogen and oxygen atoms in total. The van der Waals surface area contributed by atoms with Crippen molar-refractivity contribution in [2.45, 2.75) is 58.5 Å². The van der Waals surface area contributed by atoms with E-state index in [0.717, 1.165) is 37.4 Å². The molecule has 2 aliphatic rings. The Kier molecular flexibility index (Phi) is 6.71. The van der Waals surface area contributed by atoms with E-state index in [1.165, 1.54) is 38.0 Å². The molecule has 4 heteroatoms. The molecule has 144 valence electrons. The summed E-state index contributed by atoms with van der Waals surface area (Å²) in [5.41, 5.74) is 2.02. The second-order valence-corrected chi connectivity index (χ2v) is 8.57. The van der Waals surface area contributed by atoms with Crippen molar-refractivity contribution in [3.63, 3.8) is 0 Å². The second-order valence-electron chi connectivity index (χ2n) is 8.57. The molecule has 3 rings (SSSR count). The Bertz CT molecular complexity index is 568. The van der Waals surface area contributed by atoms with Crippen LogP contribution in [0.2, 0.25) is 0 Å². The van der Waals surface area contributed by atoms with Crippen molar-refractivity contribution in [1.82, 2.24) is 15.1 Å². The molecule has 1 aromatic rings. The summed E-state index contributed by atoms with van der Waals surface area (Å²) < 4.78 is 0. The predicted octanol–water partition coefficient (Wildman–Crippen LogP) is 3.31. The average Bonchev–Trinajstić information content (AvgIpc) is 2.64. The highest BCUT2D eigenvalue weighted by atomic mass is 16.2. The van der Waals surface area contributed by atoms with Gasteiger partial charge >= 0.3 is 0 Å². The Morgan fingerprint density at radius 1 is 1.00 bits per heavy atom. The third kappa shape index (κ3) is 5.31. The van der Waals surface area contributed by atoms with E-state index >= 15 is 0 Å². The van der Waals surface area contributed by atoms with Crippen molar-refractivity contribution in [2.24, 2.45) is 5.92 Å². The molecule has 2 aliphatic heterocycles.